The fourth-order valence-electron chi connectivity index (χ4n) is 2.03. The van der Waals surface area contributed by atoms with Gasteiger partial charge in [-0.05, 0) is 24.3 Å². The smallest absolute Gasteiger partial charge is 0.229 e. The Hall–Kier alpha value is -3.02. The summed E-state index contributed by atoms with van der Waals surface area (Å²) in [5.74, 6) is 0.107. The van der Waals surface area contributed by atoms with Gasteiger partial charge in [0, 0.05) is 18.3 Å². The van der Waals surface area contributed by atoms with Gasteiger partial charge in [0.05, 0.1) is 5.69 Å². The second-order valence-corrected chi connectivity index (χ2v) is 4.82. The summed E-state index contributed by atoms with van der Waals surface area (Å²) in [7, 11) is 0. The molecule has 0 saturated heterocycles. The van der Waals surface area contributed by atoms with Crippen molar-refractivity contribution in [3.8, 4) is 0 Å². The molecule has 1 aromatic heterocycles. The quantitative estimate of drug-likeness (QED) is 0.744. The fraction of sp³-hybridized carbons (Fsp3) is 0.0588. The molecule has 0 saturated carbocycles. The van der Waals surface area contributed by atoms with E-state index >= 15 is 0 Å². The Kier molecular flexibility index (Phi) is 4.42. The number of nitrogens with zero attached hydrogens (tertiary/aromatic N) is 2. The SMILES string of the molecule is Fc1ccccc1CNc1ccnc(Nc2ccccc2F)n1. The van der Waals surface area contributed by atoms with Gasteiger partial charge in [-0.25, -0.2) is 13.8 Å². The van der Waals surface area contributed by atoms with Gasteiger partial charge in [-0.15, -0.1) is 0 Å². The average molecular weight is 312 g/mol. The molecule has 0 aliphatic rings. The topological polar surface area (TPSA) is 49.8 Å². The van der Waals surface area contributed by atoms with E-state index in [9.17, 15) is 8.78 Å². The highest BCUT2D eigenvalue weighted by Gasteiger charge is 2.05. The Balaban J connectivity index is 1.70. The normalized spacial score (nSPS) is 10.3. The summed E-state index contributed by atoms with van der Waals surface area (Å²) in [6, 6.07) is 14.4. The molecule has 116 valence electrons. The van der Waals surface area contributed by atoms with Crippen molar-refractivity contribution in [2.75, 3.05) is 10.6 Å². The highest BCUT2D eigenvalue weighted by molar-refractivity contribution is 5.55. The number of aromatic nitrogens is 2. The standard InChI is InChI=1S/C17H14F2N4/c18-13-6-2-1-5-12(13)11-21-16-9-10-20-17(23-16)22-15-8-4-3-7-14(15)19/h1-10H,11H2,(H2,20,21,22,23). The third kappa shape index (κ3) is 3.79. The lowest BCUT2D eigenvalue weighted by atomic mass is 10.2. The zero-order valence-electron chi connectivity index (χ0n) is 12.1. The van der Waals surface area contributed by atoms with Crippen LogP contribution in [0.4, 0.5) is 26.2 Å². The summed E-state index contributed by atoms with van der Waals surface area (Å²) in [6.07, 6.45) is 1.54. The van der Waals surface area contributed by atoms with Gasteiger partial charge in [-0.3, -0.25) is 0 Å². The second kappa shape index (κ2) is 6.83. The van der Waals surface area contributed by atoms with E-state index in [1.165, 1.54) is 12.1 Å². The Labute approximate surface area is 132 Å². The van der Waals surface area contributed by atoms with E-state index in [0.29, 0.717) is 23.6 Å². The van der Waals surface area contributed by atoms with E-state index in [2.05, 4.69) is 20.6 Å². The van der Waals surface area contributed by atoms with Crippen molar-refractivity contribution in [3.63, 3.8) is 0 Å². The largest absolute Gasteiger partial charge is 0.366 e. The number of nitrogens with one attached hydrogen (secondary N) is 2. The first kappa shape index (κ1) is 14.9. The number of anilines is 3. The predicted octanol–water partition coefficient (Wildman–Crippen LogP) is 4.11. The third-order valence-corrected chi connectivity index (χ3v) is 3.19. The van der Waals surface area contributed by atoms with Gasteiger partial charge in [-0.2, -0.15) is 4.98 Å². The highest BCUT2D eigenvalue weighted by Crippen LogP contribution is 2.18. The number of hydrogen-bond donors (Lipinski definition) is 2. The number of para-hydroxylation sites is 1. The molecule has 0 aliphatic carbocycles. The van der Waals surface area contributed by atoms with Gasteiger partial charge in [0.25, 0.3) is 0 Å². The number of hydrogen-bond acceptors (Lipinski definition) is 4. The number of halogens is 2. The van der Waals surface area contributed by atoms with Crippen LogP contribution in [0, 0.1) is 11.6 Å². The van der Waals surface area contributed by atoms with E-state index in [4.69, 9.17) is 0 Å². The van der Waals surface area contributed by atoms with Crippen LogP contribution >= 0.6 is 0 Å². The molecule has 4 nitrogen and oxygen atoms in total. The number of rotatable bonds is 5. The molecule has 0 spiro atoms. The van der Waals surface area contributed by atoms with Crippen molar-refractivity contribution in [2.45, 2.75) is 6.54 Å². The van der Waals surface area contributed by atoms with Gasteiger partial charge < -0.3 is 10.6 Å². The summed E-state index contributed by atoms with van der Waals surface area (Å²) in [5.41, 5.74) is 0.827. The Bertz CT molecular complexity index is 808. The first-order chi connectivity index (χ1) is 11.2. The van der Waals surface area contributed by atoms with Crippen LogP contribution in [0.2, 0.25) is 0 Å². The minimum Gasteiger partial charge on any atom is -0.366 e. The maximum absolute atomic E-state index is 13.6. The number of benzene rings is 2. The van der Waals surface area contributed by atoms with Crippen molar-refractivity contribution >= 4 is 17.5 Å². The maximum Gasteiger partial charge on any atom is 0.229 e. The molecule has 0 radical (unpaired) electrons. The zero-order chi connectivity index (χ0) is 16.1. The summed E-state index contributed by atoms with van der Waals surface area (Å²) in [6.45, 7) is 0.294. The van der Waals surface area contributed by atoms with Gasteiger partial charge in [0.1, 0.15) is 17.5 Å². The maximum atomic E-state index is 13.6. The zero-order valence-corrected chi connectivity index (χ0v) is 12.1. The van der Waals surface area contributed by atoms with Crippen molar-refractivity contribution < 1.29 is 8.78 Å². The van der Waals surface area contributed by atoms with E-state index in [-0.39, 0.29) is 17.6 Å². The van der Waals surface area contributed by atoms with Crippen LogP contribution in [0.25, 0.3) is 0 Å². The Morgan fingerprint density at radius 1 is 0.870 bits per heavy atom. The fourth-order valence-corrected chi connectivity index (χ4v) is 2.03. The molecule has 0 aliphatic heterocycles. The second-order valence-electron chi connectivity index (χ2n) is 4.82. The molecule has 0 fully saturated rings. The highest BCUT2D eigenvalue weighted by atomic mass is 19.1. The summed E-state index contributed by atoms with van der Waals surface area (Å²) in [4.78, 5) is 8.28. The molecular weight excluding hydrogens is 298 g/mol. The van der Waals surface area contributed by atoms with Gasteiger partial charge in [-0.1, -0.05) is 30.3 Å². The van der Waals surface area contributed by atoms with E-state index in [0.717, 1.165) is 0 Å². The van der Waals surface area contributed by atoms with Gasteiger partial charge >= 0.3 is 0 Å². The van der Waals surface area contributed by atoms with E-state index in [1.54, 1.807) is 48.7 Å². The molecule has 6 heteroatoms. The molecule has 1 heterocycles. The van der Waals surface area contributed by atoms with Crippen molar-refractivity contribution in [1.82, 2.24) is 9.97 Å². The summed E-state index contributed by atoms with van der Waals surface area (Å²) >= 11 is 0. The van der Waals surface area contributed by atoms with Crippen LogP contribution in [0.1, 0.15) is 5.56 Å². The van der Waals surface area contributed by atoms with Gasteiger partial charge in [0.2, 0.25) is 5.95 Å². The Morgan fingerprint density at radius 3 is 2.39 bits per heavy atom. The van der Waals surface area contributed by atoms with E-state index < -0.39 is 0 Å². The molecule has 2 aromatic carbocycles. The van der Waals surface area contributed by atoms with Crippen LogP contribution in [-0.2, 0) is 6.54 Å². The van der Waals surface area contributed by atoms with Gasteiger partial charge in [0.15, 0.2) is 0 Å². The molecule has 0 amide bonds. The monoisotopic (exact) mass is 312 g/mol. The Morgan fingerprint density at radius 2 is 1.61 bits per heavy atom. The molecule has 3 aromatic rings. The van der Waals surface area contributed by atoms with Crippen molar-refractivity contribution in [1.29, 1.82) is 0 Å². The predicted molar refractivity (Wildman–Crippen MR) is 85.4 cm³/mol. The van der Waals surface area contributed by atoms with Crippen LogP contribution < -0.4 is 10.6 Å². The molecular formula is C17H14F2N4. The molecule has 0 unspecified atom stereocenters. The lowest BCUT2D eigenvalue weighted by Crippen LogP contribution is -2.05. The minimum atomic E-state index is -0.388. The minimum absolute atomic E-state index is 0.258. The lowest BCUT2D eigenvalue weighted by Gasteiger charge is -2.09. The molecule has 0 atom stereocenters. The average Bonchev–Trinajstić information content (AvgIpc) is 2.57. The van der Waals surface area contributed by atoms with Crippen LogP contribution in [-0.4, -0.2) is 9.97 Å². The summed E-state index contributed by atoms with van der Waals surface area (Å²) in [5, 5.41) is 5.83. The molecule has 2 N–H and O–H groups in total. The van der Waals surface area contributed by atoms with Crippen LogP contribution in [0.3, 0.4) is 0 Å². The lowest BCUT2D eigenvalue weighted by molar-refractivity contribution is 0.613. The van der Waals surface area contributed by atoms with Crippen molar-refractivity contribution in [3.05, 3.63) is 78.0 Å². The van der Waals surface area contributed by atoms with Crippen LogP contribution in [0.15, 0.2) is 60.8 Å². The van der Waals surface area contributed by atoms with E-state index in [1.807, 2.05) is 0 Å². The first-order valence-electron chi connectivity index (χ1n) is 7.04. The van der Waals surface area contributed by atoms with Crippen LogP contribution in [0.5, 0.6) is 0 Å². The third-order valence-electron chi connectivity index (χ3n) is 3.19. The first-order valence-corrected chi connectivity index (χ1v) is 7.04. The summed E-state index contributed by atoms with van der Waals surface area (Å²) < 4.78 is 27.2. The molecule has 23 heavy (non-hydrogen) atoms. The van der Waals surface area contributed by atoms with Crippen molar-refractivity contribution in [2.24, 2.45) is 0 Å². The molecule has 3 rings (SSSR count). The molecule has 0 bridgehead atoms.